The lowest BCUT2D eigenvalue weighted by molar-refractivity contribution is -0.117. The zero-order valence-corrected chi connectivity index (χ0v) is 15.3. The fourth-order valence-electron chi connectivity index (χ4n) is 3.07. The Balaban J connectivity index is 1.74. The van der Waals surface area contributed by atoms with Crippen molar-refractivity contribution in [2.75, 3.05) is 19.0 Å². The van der Waals surface area contributed by atoms with Gasteiger partial charge in [0.1, 0.15) is 17.6 Å². The monoisotopic (exact) mass is 388 g/mol. The highest BCUT2D eigenvalue weighted by Crippen LogP contribution is 2.42. The molecular formula is C19H18F2N4O3. The number of fused-ring (bicyclic) bond motifs is 1. The molecule has 2 N–H and O–H groups in total. The predicted octanol–water partition coefficient (Wildman–Crippen LogP) is 3.47. The van der Waals surface area contributed by atoms with E-state index in [1.807, 2.05) is 0 Å². The van der Waals surface area contributed by atoms with Crippen molar-refractivity contribution in [3.63, 3.8) is 0 Å². The Labute approximate surface area is 159 Å². The van der Waals surface area contributed by atoms with Crippen LogP contribution in [-0.2, 0) is 4.79 Å². The summed E-state index contributed by atoms with van der Waals surface area (Å²) >= 11 is 0. The van der Waals surface area contributed by atoms with Gasteiger partial charge in [-0.25, -0.2) is 18.7 Å². The number of aromatic amines is 1. The molecule has 9 heteroatoms. The van der Waals surface area contributed by atoms with E-state index in [1.165, 1.54) is 7.11 Å². The molecule has 1 aliphatic rings. The summed E-state index contributed by atoms with van der Waals surface area (Å²) in [6, 6.07) is 3.33. The van der Waals surface area contributed by atoms with E-state index in [0.717, 1.165) is 6.20 Å². The zero-order chi connectivity index (χ0) is 19.8. The van der Waals surface area contributed by atoms with Gasteiger partial charge < -0.3 is 19.8 Å². The number of methoxy groups -OCH3 is 1. The number of nitrogens with one attached hydrogen (secondary N) is 2. The number of amides is 1. The van der Waals surface area contributed by atoms with E-state index in [1.54, 1.807) is 25.3 Å². The average Bonchev–Trinajstić information content (AvgIpc) is 3.28. The Morgan fingerprint density at radius 1 is 1.43 bits per heavy atom. The van der Waals surface area contributed by atoms with E-state index in [9.17, 15) is 13.6 Å². The maximum Gasteiger partial charge on any atom is 0.231 e. The first-order valence-electron chi connectivity index (χ1n) is 8.82. The van der Waals surface area contributed by atoms with Gasteiger partial charge in [0.05, 0.1) is 31.4 Å². The number of aromatic nitrogens is 3. The third-order valence-corrected chi connectivity index (χ3v) is 4.54. The molecule has 28 heavy (non-hydrogen) atoms. The quantitative estimate of drug-likeness (QED) is 0.675. The number of hydrogen-bond acceptors (Lipinski definition) is 5. The minimum atomic E-state index is -1.08. The maximum atomic E-state index is 14.3. The second-order valence-corrected chi connectivity index (χ2v) is 6.39. The van der Waals surface area contributed by atoms with Gasteiger partial charge in [-0.15, -0.1) is 0 Å². The largest absolute Gasteiger partial charge is 0.490 e. The highest BCUT2D eigenvalue weighted by atomic mass is 19.1. The van der Waals surface area contributed by atoms with Crippen LogP contribution in [0.5, 0.6) is 11.6 Å². The molecule has 2 unspecified atom stereocenters. The highest BCUT2D eigenvalue weighted by molar-refractivity contribution is 5.99. The second kappa shape index (κ2) is 7.06. The first-order valence-corrected chi connectivity index (χ1v) is 8.82. The van der Waals surface area contributed by atoms with Crippen molar-refractivity contribution < 1.29 is 23.0 Å². The van der Waals surface area contributed by atoms with Gasteiger partial charge in [-0.05, 0) is 25.5 Å². The van der Waals surface area contributed by atoms with Crippen LogP contribution in [0.25, 0.3) is 22.2 Å². The number of rotatable bonds is 6. The molecule has 3 aromatic heterocycles. The SMILES string of the molecule is CCOc1c(F)cnc(OC)c1-c1c[nH]c2nc(NC(=O)C3CC3F)ccc12. The number of hydrogen-bond donors (Lipinski definition) is 2. The molecule has 0 aliphatic heterocycles. The molecule has 0 bridgehead atoms. The Morgan fingerprint density at radius 3 is 2.89 bits per heavy atom. The molecule has 1 aliphatic carbocycles. The van der Waals surface area contributed by atoms with Gasteiger partial charge in [-0.2, -0.15) is 0 Å². The summed E-state index contributed by atoms with van der Waals surface area (Å²) < 4.78 is 38.1. The Bertz CT molecular complexity index is 1050. The summed E-state index contributed by atoms with van der Waals surface area (Å²) in [6.45, 7) is 2.02. The molecule has 4 rings (SSSR count). The lowest BCUT2D eigenvalue weighted by Gasteiger charge is -2.13. The zero-order valence-electron chi connectivity index (χ0n) is 15.3. The molecule has 0 saturated heterocycles. The number of ether oxygens (including phenoxy) is 2. The normalized spacial score (nSPS) is 18.1. The molecule has 0 spiro atoms. The number of nitrogens with zero attached hydrogens (tertiary/aromatic N) is 2. The number of halogens is 2. The molecule has 1 amide bonds. The van der Waals surface area contributed by atoms with Crippen LogP contribution in [0.1, 0.15) is 13.3 Å². The van der Waals surface area contributed by atoms with Crippen LogP contribution in [-0.4, -0.2) is 40.7 Å². The van der Waals surface area contributed by atoms with Crippen molar-refractivity contribution in [1.82, 2.24) is 15.0 Å². The van der Waals surface area contributed by atoms with Crippen LogP contribution in [0.3, 0.4) is 0 Å². The smallest absolute Gasteiger partial charge is 0.231 e. The molecular weight excluding hydrogens is 370 g/mol. The van der Waals surface area contributed by atoms with Crippen molar-refractivity contribution in [3.05, 3.63) is 30.3 Å². The van der Waals surface area contributed by atoms with Crippen molar-refractivity contribution >= 4 is 22.8 Å². The van der Waals surface area contributed by atoms with Crippen LogP contribution in [0, 0.1) is 11.7 Å². The van der Waals surface area contributed by atoms with E-state index >= 15 is 0 Å². The molecule has 3 aromatic rings. The summed E-state index contributed by atoms with van der Waals surface area (Å²) in [5.41, 5.74) is 1.43. The molecule has 1 fully saturated rings. The van der Waals surface area contributed by atoms with E-state index < -0.39 is 17.9 Å². The number of alkyl halides is 1. The van der Waals surface area contributed by atoms with Gasteiger partial charge >= 0.3 is 0 Å². The summed E-state index contributed by atoms with van der Waals surface area (Å²) in [5.74, 6) is -1.04. The lowest BCUT2D eigenvalue weighted by Crippen LogP contribution is -2.15. The third kappa shape index (κ3) is 3.12. The van der Waals surface area contributed by atoms with Gasteiger partial charge in [0, 0.05) is 17.1 Å². The van der Waals surface area contributed by atoms with Gasteiger partial charge in [-0.3, -0.25) is 4.79 Å². The fourth-order valence-corrected chi connectivity index (χ4v) is 3.07. The van der Waals surface area contributed by atoms with Crippen molar-refractivity contribution in [1.29, 1.82) is 0 Å². The van der Waals surface area contributed by atoms with Gasteiger partial charge in [0.15, 0.2) is 11.6 Å². The standard InChI is InChI=1S/C19H18F2N4O3/c1-3-28-16-13(21)8-23-19(27-2)15(16)11-7-22-17-9(11)4-5-14(24-17)25-18(26)10-6-12(10)20/h4-5,7-8,10,12H,3,6H2,1-2H3,(H2,22,24,25,26). The number of carbonyl (C=O) groups excluding carboxylic acids is 1. The van der Waals surface area contributed by atoms with Crippen LogP contribution in [0.2, 0.25) is 0 Å². The summed E-state index contributed by atoms with van der Waals surface area (Å²) in [6.07, 6.45) is 1.85. The molecule has 146 valence electrons. The van der Waals surface area contributed by atoms with Crippen LogP contribution < -0.4 is 14.8 Å². The van der Waals surface area contributed by atoms with Crippen LogP contribution >= 0.6 is 0 Å². The summed E-state index contributed by atoms with van der Waals surface area (Å²) in [5, 5.41) is 3.27. The van der Waals surface area contributed by atoms with Gasteiger partial charge in [0.2, 0.25) is 11.8 Å². The number of H-pyrrole nitrogens is 1. The van der Waals surface area contributed by atoms with E-state index in [2.05, 4.69) is 20.3 Å². The van der Waals surface area contributed by atoms with Gasteiger partial charge in [0.25, 0.3) is 0 Å². The Kier molecular flexibility index (Phi) is 4.58. The highest BCUT2D eigenvalue weighted by Gasteiger charge is 2.43. The molecule has 0 radical (unpaired) electrons. The first kappa shape index (κ1) is 18.1. The maximum absolute atomic E-state index is 14.3. The molecule has 2 atom stereocenters. The van der Waals surface area contributed by atoms with Gasteiger partial charge in [-0.1, -0.05) is 0 Å². The number of pyridine rings is 2. The molecule has 0 aromatic carbocycles. The molecule has 3 heterocycles. The Morgan fingerprint density at radius 2 is 2.21 bits per heavy atom. The fraction of sp³-hybridized carbons (Fsp3) is 0.316. The van der Waals surface area contributed by atoms with E-state index in [-0.39, 0.29) is 30.6 Å². The minimum absolute atomic E-state index is 0.0374. The summed E-state index contributed by atoms with van der Waals surface area (Å²) in [7, 11) is 1.44. The molecule has 7 nitrogen and oxygen atoms in total. The second-order valence-electron chi connectivity index (χ2n) is 6.39. The first-order chi connectivity index (χ1) is 13.5. The Hall–Kier alpha value is -3.23. The lowest BCUT2D eigenvalue weighted by atomic mass is 10.1. The minimum Gasteiger partial charge on any atom is -0.490 e. The van der Waals surface area contributed by atoms with Crippen LogP contribution in [0.15, 0.2) is 24.5 Å². The summed E-state index contributed by atoms with van der Waals surface area (Å²) in [4.78, 5) is 23.2. The van der Waals surface area contributed by atoms with Crippen LogP contribution in [0.4, 0.5) is 14.6 Å². The van der Waals surface area contributed by atoms with E-state index in [0.29, 0.717) is 28.0 Å². The topological polar surface area (TPSA) is 89.1 Å². The number of carbonyl (C=O) groups is 1. The van der Waals surface area contributed by atoms with Crippen molar-refractivity contribution in [3.8, 4) is 22.8 Å². The van der Waals surface area contributed by atoms with E-state index in [4.69, 9.17) is 9.47 Å². The average molecular weight is 388 g/mol. The predicted molar refractivity (Wildman–Crippen MR) is 98.6 cm³/mol. The molecule has 1 saturated carbocycles. The third-order valence-electron chi connectivity index (χ3n) is 4.54. The van der Waals surface area contributed by atoms with Crippen molar-refractivity contribution in [2.24, 2.45) is 5.92 Å². The number of anilines is 1. The van der Waals surface area contributed by atoms with Crippen molar-refractivity contribution in [2.45, 2.75) is 19.5 Å².